The van der Waals surface area contributed by atoms with Crippen LogP contribution in [0.2, 0.25) is 0 Å². The lowest BCUT2D eigenvalue weighted by molar-refractivity contribution is -0.125. The van der Waals surface area contributed by atoms with Crippen molar-refractivity contribution in [3.8, 4) is 0 Å². The number of carbonyl (C=O) groups excluding carboxylic acids is 1. The number of carbonyl (C=O) groups is 1. The summed E-state index contributed by atoms with van der Waals surface area (Å²) in [7, 11) is 3.81. The Hall–Kier alpha value is -2.13. The van der Waals surface area contributed by atoms with E-state index in [-0.39, 0.29) is 18.0 Å². The highest BCUT2D eigenvalue weighted by molar-refractivity contribution is 5.82. The Bertz CT molecular complexity index is 527. The Kier molecular flexibility index (Phi) is 5.12. The summed E-state index contributed by atoms with van der Waals surface area (Å²) < 4.78 is 0. The zero-order chi connectivity index (χ0) is 15.2. The van der Waals surface area contributed by atoms with E-state index < -0.39 is 0 Å². The van der Waals surface area contributed by atoms with Crippen molar-refractivity contribution in [1.82, 2.24) is 10.2 Å². The van der Waals surface area contributed by atoms with E-state index in [0.29, 0.717) is 0 Å². The fourth-order valence-corrected chi connectivity index (χ4v) is 2.15. The molecule has 2 rings (SSSR count). The topological polar surface area (TPSA) is 32.3 Å². The molecule has 1 N–H and O–H groups in total. The van der Waals surface area contributed by atoms with Gasteiger partial charge in [0.2, 0.25) is 5.91 Å². The molecule has 0 saturated carbocycles. The van der Waals surface area contributed by atoms with Crippen molar-refractivity contribution in [2.24, 2.45) is 0 Å². The van der Waals surface area contributed by atoms with Gasteiger partial charge in [-0.15, -0.1) is 0 Å². The van der Waals surface area contributed by atoms with Gasteiger partial charge >= 0.3 is 0 Å². The Morgan fingerprint density at radius 2 is 1.33 bits per heavy atom. The standard InChI is InChI=1S/C18H22N2O/c1-14(20(2)3)18(21)19-17(15-10-6-4-7-11-15)16-12-8-5-9-13-16/h4-14,17H,1-3H3,(H,19,21). The van der Waals surface area contributed by atoms with Crippen LogP contribution >= 0.6 is 0 Å². The molecule has 0 aliphatic rings. The smallest absolute Gasteiger partial charge is 0.237 e. The lowest BCUT2D eigenvalue weighted by Crippen LogP contribution is -2.43. The summed E-state index contributed by atoms with van der Waals surface area (Å²) in [4.78, 5) is 14.3. The molecule has 1 unspecified atom stereocenters. The minimum Gasteiger partial charge on any atom is -0.344 e. The molecule has 0 aromatic heterocycles. The molecule has 0 aliphatic heterocycles. The van der Waals surface area contributed by atoms with Gasteiger partial charge in [0.25, 0.3) is 0 Å². The van der Waals surface area contributed by atoms with Crippen molar-refractivity contribution in [3.05, 3.63) is 71.8 Å². The number of benzene rings is 2. The first-order valence-electron chi connectivity index (χ1n) is 7.16. The molecule has 0 bridgehead atoms. The summed E-state index contributed by atoms with van der Waals surface area (Å²) in [5, 5.41) is 3.15. The molecule has 21 heavy (non-hydrogen) atoms. The van der Waals surface area contributed by atoms with Crippen LogP contribution in [0.4, 0.5) is 0 Å². The van der Waals surface area contributed by atoms with Gasteiger partial charge in [0.1, 0.15) is 0 Å². The Morgan fingerprint density at radius 1 is 0.905 bits per heavy atom. The van der Waals surface area contributed by atoms with Gasteiger partial charge in [0, 0.05) is 0 Å². The predicted octanol–water partition coefficient (Wildman–Crippen LogP) is 2.84. The predicted molar refractivity (Wildman–Crippen MR) is 86.0 cm³/mol. The summed E-state index contributed by atoms with van der Waals surface area (Å²) in [6.07, 6.45) is 0. The van der Waals surface area contributed by atoms with Gasteiger partial charge in [-0.2, -0.15) is 0 Å². The second-order valence-corrected chi connectivity index (χ2v) is 5.40. The number of amides is 1. The number of hydrogen-bond acceptors (Lipinski definition) is 2. The van der Waals surface area contributed by atoms with Crippen LogP contribution < -0.4 is 5.32 Å². The molecule has 0 fully saturated rings. The maximum atomic E-state index is 12.4. The van der Waals surface area contributed by atoms with E-state index in [1.165, 1.54) is 0 Å². The monoisotopic (exact) mass is 282 g/mol. The van der Waals surface area contributed by atoms with E-state index in [2.05, 4.69) is 5.32 Å². The van der Waals surface area contributed by atoms with Gasteiger partial charge in [-0.25, -0.2) is 0 Å². The van der Waals surface area contributed by atoms with Crippen LogP contribution in [0, 0.1) is 0 Å². The van der Waals surface area contributed by atoms with Crippen molar-refractivity contribution >= 4 is 5.91 Å². The van der Waals surface area contributed by atoms with Crippen molar-refractivity contribution in [2.75, 3.05) is 14.1 Å². The first kappa shape index (κ1) is 15.3. The summed E-state index contributed by atoms with van der Waals surface area (Å²) in [6.45, 7) is 1.91. The fourth-order valence-electron chi connectivity index (χ4n) is 2.15. The quantitative estimate of drug-likeness (QED) is 0.914. The van der Waals surface area contributed by atoms with Crippen molar-refractivity contribution in [1.29, 1.82) is 0 Å². The van der Waals surface area contributed by atoms with Crippen LogP contribution in [0.15, 0.2) is 60.7 Å². The Balaban J connectivity index is 2.28. The number of likely N-dealkylation sites (N-methyl/N-ethyl adjacent to an activating group) is 1. The average molecular weight is 282 g/mol. The highest BCUT2D eigenvalue weighted by atomic mass is 16.2. The molecule has 110 valence electrons. The maximum Gasteiger partial charge on any atom is 0.237 e. The molecule has 3 heteroatoms. The Labute approximate surface area is 126 Å². The second-order valence-electron chi connectivity index (χ2n) is 5.40. The summed E-state index contributed by atoms with van der Waals surface area (Å²) in [6, 6.07) is 19.8. The average Bonchev–Trinajstić information content (AvgIpc) is 2.53. The van der Waals surface area contributed by atoms with E-state index in [4.69, 9.17) is 0 Å². The van der Waals surface area contributed by atoms with Gasteiger partial charge in [-0.1, -0.05) is 60.7 Å². The van der Waals surface area contributed by atoms with E-state index >= 15 is 0 Å². The van der Waals surface area contributed by atoms with Crippen LogP contribution in [0.3, 0.4) is 0 Å². The van der Waals surface area contributed by atoms with E-state index in [0.717, 1.165) is 11.1 Å². The Morgan fingerprint density at radius 3 is 1.71 bits per heavy atom. The van der Waals surface area contributed by atoms with Crippen LogP contribution in [0.5, 0.6) is 0 Å². The van der Waals surface area contributed by atoms with Crippen molar-refractivity contribution in [3.63, 3.8) is 0 Å². The lowest BCUT2D eigenvalue weighted by atomic mass is 9.98. The van der Waals surface area contributed by atoms with Crippen molar-refractivity contribution < 1.29 is 4.79 Å². The molecule has 0 aliphatic carbocycles. The molecule has 0 heterocycles. The fraction of sp³-hybridized carbons (Fsp3) is 0.278. The highest BCUT2D eigenvalue weighted by Gasteiger charge is 2.21. The lowest BCUT2D eigenvalue weighted by Gasteiger charge is -2.25. The van der Waals surface area contributed by atoms with Crippen molar-refractivity contribution in [2.45, 2.75) is 19.0 Å². The third kappa shape index (κ3) is 3.92. The van der Waals surface area contributed by atoms with Crippen LogP contribution in [0.1, 0.15) is 24.1 Å². The van der Waals surface area contributed by atoms with Crippen LogP contribution in [-0.2, 0) is 4.79 Å². The normalized spacial score (nSPS) is 12.4. The second kappa shape index (κ2) is 7.04. The third-order valence-corrected chi connectivity index (χ3v) is 3.71. The molecule has 1 atom stereocenters. The van der Waals surface area contributed by atoms with Gasteiger partial charge in [-0.05, 0) is 32.1 Å². The molecule has 2 aromatic carbocycles. The molecule has 0 saturated heterocycles. The van der Waals surface area contributed by atoms with Crippen LogP contribution in [-0.4, -0.2) is 30.9 Å². The van der Waals surface area contributed by atoms with Gasteiger partial charge in [0.15, 0.2) is 0 Å². The molecule has 1 amide bonds. The zero-order valence-electron chi connectivity index (χ0n) is 12.8. The third-order valence-electron chi connectivity index (χ3n) is 3.71. The first-order valence-corrected chi connectivity index (χ1v) is 7.16. The van der Waals surface area contributed by atoms with E-state index in [9.17, 15) is 4.79 Å². The molecule has 0 radical (unpaired) electrons. The molecular weight excluding hydrogens is 260 g/mol. The minimum atomic E-state index is -0.167. The number of rotatable bonds is 5. The number of nitrogens with one attached hydrogen (secondary N) is 1. The minimum absolute atomic E-state index is 0.0257. The summed E-state index contributed by atoms with van der Waals surface area (Å²) in [5.41, 5.74) is 2.17. The largest absolute Gasteiger partial charge is 0.344 e. The molecule has 2 aromatic rings. The van der Waals surface area contributed by atoms with Crippen LogP contribution in [0.25, 0.3) is 0 Å². The number of hydrogen-bond donors (Lipinski definition) is 1. The maximum absolute atomic E-state index is 12.4. The summed E-state index contributed by atoms with van der Waals surface area (Å²) >= 11 is 0. The van der Waals surface area contributed by atoms with Gasteiger partial charge in [-0.3, -0.25) is 9.69 Å². The molecule has 3 nitrogen and oxygen atoms in total. The first-order chi connectivity index (χ1) is 10.1. The molecular formula is C18H22N2O. The highest BCUT2D eigenvalue weighted by Crippen LogP contribution is 2.21. The summed E-state index contributed by atoms with van der Waals surface area (Å²) in [5.74, 6) is 0.0257. The zero-order valence-corrected chi connectivity index (χ0v) is 12.8. The van der Waals surface area contributed by atoms with E-state index in [1.54, 1.807) is 0 Å². The van der Waals surface area contributed by atoms with Gasteiger partial charge < -0.3 is 5.32 Å². The molecule has 0 spiro atoms. The van der Waals surface area contributed by atoms with Gasteiger partial charge in [0.05, 0.1) is 12.1 Å². The number of nitrogens with zero attached hydrogens (tertiary/aromatic N) is 1. The van der Waals surface area contributed by atoms with E-state index in [1.807, 2.05) is 86.6 Å². The SMILES string of the molecule is CC(C(=O)NC(c1ccccc1)c1ccccc1)N(C)C.